The Kier molecular flexibility index (Phi) is 6.25. The number of rotatable bonds is 8. The van der Waals surface area contributed by atoms with Gasteiger partial charge in [0.05, 0.1) is 13.7 Å². The van der Waals surface area contributed by atoms with Crippen LogP contribution in [0.3, 0.4) is 0 Å². The van der Waals surface area contributed by atoms with E-state index >= 15 is 0 Å². The topological polar surface area (TPSA) is 87.2 Å². The first-order valence-corrected chi connectivity index (χ1v) is 7.79. The van der Waals surface area contributed by atoms with Gasteiger partial charge in [0, 0.05) is 26.1 Å². The molecule has 130 valence electrons. The zero-order chi connectivity index (χ0) is 17.5. The Hall–Kier alpha value is -2.48. The zero-order valence-corrected chi connectivity index (χ0v) is 14.6. The molecule has 0 aliphatic rings. The summed E-state index contributed by atoms with van der Waals surface area (Å²) in [5, 5.41) is 13.9. The van der Waals surface area contributed by atoms with Crippen LogP contribution < -0.4 is 4.74 Å². The fraction of sp³-hybridized carbons (Fsp3) is 0.500. The maximum absolute atomic E-state index is 12.4. The van der Waals surface area contributed by atoms with Crippen LogP contribution in [0.2, 0.25) is 0 Å². The molecule has 1 unspecified atom stereocenters. The van der Waals surface area contributed by atoms with Gasteiger partial charge in [0.2, 0.25) is 5.91 Å². The molecule has 24 heavy (non-hydrogen) atoms. The highest BCUT2D eigenvalue weighted by Crippen LogP contribution is 2.13. The van der Waals surface area contributed by atoms with Crippen molar-refractivity contribution in [1.29, 1.82) is 0 Å². The lowest BCUT2D eigenvalue weighted by molar-refractivity contribution is -0.131. The molecular formula is C16H24N6O2. The van der Waals surface area contributed by atoms with E-state index in [1.54, 1.807) is 12.0 Å². The summed E-state index contributed by atoms with van der Waals surface area (Å²) in [7, 11) is 5.37. The molecule has 0 aliphatic heterocycles. The highest BCUT2D eigenvalue weighted by Gasteiger charge is 2.18. The van der Waals surface area contributed by atoms with Gasteiger partial charge in [-0.15, -0.1) is 10.2 Å². The normalized spacial score (nSPS) is 12.2. The zero-order valence-electron chi connectivity index (χ0n) is 14.6. The number of hydrogen-bond acceptors (Lipinski definition) is 6. The molecule has 0 saturated carbocycles. The standard InChI is InChI=1S/C16H24N6O2/c1-12(9-15-17-19-20-18-15)21(2)11-16(23)22(3)10-13-5-7-14(24-4)8-6-13/h5-8,12H,9-11H2,1-4H3,(H,17,18,19,20). The van der Waals surface area contributed by atoms with Crippen molar-refractivity contribution in [2.75, 3.05) is 27.7 Å². The molecule has 8 nitrogen and oxygen atoms in total. The Balaban J connectivity index is 1.83. The van der Waals surface area contributed by atoms with Crippen LogP contribution in [0, 0.1) is 0 Å². The minimum Gasteiger partial charge on any atom is -0.497 e. The maximum Gasteiger partial charge on any atom is 0.236 e. The predicted octanol–water partition coefficient (Wildman–Crippen LogP) is 0.730. The summed E-state index contributed by atoms with van der Waals surface area (Å²) in [6, 6.07) is 7.86. The Morgan fingerprint density at radius 1 is 1.29 bits per heavy atom. The van der Waals surface area contributed by atoms with Crippen molar-refractivity contribution >= 4 is 5.91 Å². The van der Waals surface area contributed by atoms with Crippen LogP contribution in [0.15, 0.2) is 24.3 Å². The SMILES string of the molecule is COc1ccc(CN(C)C(=O)CN(C)C(C)Cc2nn[nH]n2)cc1. The minimum atomic E-state index is 0.0632. The van der Waals surface area contributed by atoms with Crippen molar-refractivity contribution in [3.05, 3.63) is 35.7 Å². The van der Waals surface area contributed by atoms with Crippen LogP contribution in [0.1, 0.15) is 18.3 Å². The molecule has 0 saturated heterocycles. The van der Waals surface area contributed by atoms with Gasteiger partial charge in [0.1, 0.15) is 5.75 Å². The van der Waals surface area contributed by atoms with Crippen LogP contribution in [0.25, 0.3) is 0 Å². The number of aromatic amines is 1. The maximum atomic E-state index is 12.4. The van der Waals surface area contributed by atoms with E-state index in [1.807, 2.05) is 50.2 Å². The van der Waals surface area contributed by atoms with E-state index in [0.717, 1.165) is 11.3 Å². The molecule has 0 fully saturated rings. The second-order valence-electron chi connectivity index (χ2n) is 5.89. The number of carbonyl (C=O) groups excluding carboxylic acids is 1. The summed E-state index contributed by atoms with van der Waals surface area (Å²) in [4.78, 5) is 16.1. The molecule has 0 aliphatic carbocycles. The van der Waals surface area contributed by atoms with Crippen LogP contribution >= 0.6 is 0 Å². The van der Waals surface area contributed by atoms with Gasteiger partial charge < -0.3 is 9.64 Å². The van der Waals surface area contributed by atoms with Gasteiger partial charge in [0.25, 0.3) is 0 Å². The molecule has 0 radical (unpaired) electrons. The average molecular weight is 332 g/mol. The van der Waals surface area contributed by atoms with Crippen LogP contribution in [-0.2, 0) is 17.8 Å². The summed E-state index contributed by atoms with van der Waals surface area (Å²) in [5.41, 5.74) is 1.06. The number of H-pyrrole nitrogens is 1. The van der Waals surface area contributed by atoms with Crippen LogP contribution in [-0.4, -0.2) is 70.1 Å². The lowest BCUT2D eigenvalue weighted by atomic mass is 10.2. The molecule has 1 aromatic heterocycles. The Bertz CT molecular complexity index is 629. The quantitative estimate of drug-likeness (QED) is 0.767. The monoisotopic (exact) mass is 332 g/mol. The predicted molar refractivity (Wildman–Crippen MR) is 89.4 cm³/mol. The third-order valence-electron chi connectivity index (χ3n) is 4.01. The van der Waals surface area contributed by atoms with Crippen molar-refractivity contribution in [1.82, 2.24) is 30.4 Å². The number of nitrogens with one attached hydrogen (secondary N) is 1. The molecule has 0 spiro atoms. The summed E-state index contributed by atoms with van der Waals surface area (Å²) in [6.07, 6.45) is 0.641. The van der Waals surface area contributed by atoms with Crippen molar-refractivity contribution in [3.8, 4) is 5.75 Å². The molecule has 2 rings (SSSR count). The number of aromatic nitrogens is 4. The Morgan fingerprint density at radius 2 is 2.00 bits per heavy atom. The largest absolute Gasteiger partial charge is 0.497 e. The number of likely N-dealkylation sites (N-methyl/N-ethyl adjacent to an activating group) is 2. The van der Waals surface area contributed by atoms with E-state index < -0.39 is 0 Å². The van der Waals surface area contributed by atoms with Gasteiger partial charge in [-0.3, -0.25) is 9.69 Å². The average Bonchev–Trinajstić information content (AvgIpc) is 3.08. The van der Waals surface area contributed by atoms with Crippen molar-refractivity contribution < 1.29 is 9.53 Å². The molecule has 1 heterocycles. The number of methoxy groups -OCH3 is 1. The molecule has 2 aromatic rings. The third-order valence-corrected chi connectivity index (χ3v) is 4.01. The second kappa shape index (κ2) is 8.39. The smallest absolute Gasteiger partial charge is 0.236 e. The van der Waals surface area contributed by atoms with Gasteiger partial charge in [-0.05, 0) is 31.7 Å². The fourth-order valence-corrected chi connectivity index (χ4v) is 2.27. The summed E-state index contributed by atoms with van der Waals surface area (Å²) in [6.45, 7) is 2.94. The van der Waals surface area contributed by atoms with Gasteiger partial charge in [-0.1, -0.05) is 17.3 Å². The van der Waals surface area contributed by atoms with E-state index in [-0.39, 0.29) is 11.9 Å². The first kappa shape index (κ1) is 17.9. The van der Waals surface area contributed by atoms with Gasteiger partial charge in [0.15, 0.2) is 5.82 Å². The number of benzene rings is 1. The Labute approximate surface area is 141 Å². The summed E-state index contributed by atoms with van der Waals surface area (Å²) < 4.78 is 5.14. The Morgan fingerprint density at radius 3 is 2.58 bits per heavy atom. The molecule has 1 amide bonds. The number of nitrogens with zero attached hydrogens (tertiary/aromatic N) is 5. The molecule has 8 heteroatoms. The number of amides is 1. The van der Waals surface area contributed by atoms with Crippen molar-refractivity contribution in [2.24, 2.45) is 0 Å². The first-order valence-electron chi connectivity index (χ1n) is 7.79. The number of carbonyl (C=O) groups is 1. The molecular weight excluding hydrogens is 308 g/mol. The van der Waals surface area contributed by atoms with Gasteiger partial charge >= 0.3 is 0 Å². The second-order valence-corrected chi connectivity index (χ2v) is 5.89. The number of hydrogen-bond donors (Lipinski definition) is 1. The molecule has 1 atom stereocenters. The lowest BCUT2D eigenvalue weighted by Crippen LogP contribution is -2.41. The third kappa shape index (κ3) is 5.02. The fourth-order valence-electron chi connectivity index (χ4n) is 2.27. The van der Waals surface area contributed by atoms with Gasteiger partial charge in [-0.25, -0.2) is 0 Å². The van der Waals surface area contributed by atoms with E-state index in [0.29, 0.717) is 25.3 Å². The van der Waals surface area contributed by atoms with E-state index in [2.05, 4.69) is 20.6 Å². The molecule has 1 aromatic carbocycles. The van der Waals surface area contributed by atoms with E-state index in [1.165, 1.54) is 0 Å². The highest BCUT2D eigenvalue weighted by molar-refractivity contribution is 5.78. The highest BCUT2D eigenvalue weighted by atomic mass is 16.5. The van der Waals surface area contributed by atoms with E-state index in [4.69, 9.17) is 4.74 Å². The van der Waals surface area contributed by atoms with Crippen LogP contribution in [0.4, 0.5) is 0 Å². The summed E-state index contributed by atoms with van der Waals surface area (Å²) >= 11 is 0. The van der Waals surface area contributed by atoms with Gasteiger partial charge in [-0.2, -0.15) is 5.21 Å². The first-order chi connectivity index (χ1) is 11.5. The minimum absolute atomic E-state index is 0.0632. The van der Waals surface area contributed by atoms with Crippen molar-refractivity contribution in [3.63, 3.8) is 0 Å². The molecule has 0 bridgehead atoms. The summed E-state index contributed by atoms with van der Waals surface area (Å²) in [5.74, 6) is 1.52. The molecule has 1 N–H and O–H groups in total. The van der Waals surface area contributed by atoms with E-state index in [9.17, 15) is 4.79 Å². The lowest BCUT2D eigenvalue weighted by Gasteiger charge is -2.26. The van der Waals surface area contributed by atoms with Crippen LogP contribution in [0.5, 0.6) is 5.75 Å². The number of ether oxygens (including phenoxy) is 1. The van der Waals surface area contributed by atoms with Crippen molar-refractivity contribution in [2.45, 2.75) is 25.9 Å². The number of tetrazole rings is 1.